The molecule has 1 saturated heterocycles. The number of rotatable bonds is 5. The molecule has 0 saturated carbocycles. The van der Waals surface area contributed by atoms with Crippen molar-refractivity contribution in [1.29, 1.82) is 0 Å². The molecule has 1 aliphatic heterocycles. The highest BCUT2D eigenvalue weighted by molar-refractivity contribution is 5.78. The van der Waals surface area contributed by atoms with Crippen molar-refractivity contribution < 1.29 is 26.7 Å². The van der Waals surface area contributed by atoms with Crippen LogP contribution in [0, 0.1) is 11.6 Å². The number of nitrogens with zero attached hydrogens (tertiary/aromatic N) is 1. The summed E-state index contributed by atoms with van der Waals surface area (Å²) in [6.07, 6.45) is -4.78. The average Bonchev–Trinajstić information content (AvgIpc) is 2.51. The molecule has 0 radical (unpaired) electrons. The summed E-state index contributed by atoms with van der Waals surface area (Å²) in [7, 11) is 0. The van der Waals surface area contributed by atoms with Crippen LogP contribution in [0.3, 0.4) is 0 Å². The second-order valence-corrected chi connectivity index (χ2v) is 5.57. The van der Waals surface area contributed by atoms with Gasteiger partial charge in [0.1, 0.15) is 6.04 Å². The first-order chi connectivity index (χ1) is 11.3. The molecule has 0 spiro atoms. The first-order valence-electron chi connectivity index (χ1n) is 7.49. The summed E-state index contributed by atoms with van der Waals surface area (Å²) in [5.41, 5.74) is 0.192. The molecule has 1 aliphatic rings. The highest BCUT2D eigenvalue weighted by Crippen LogP contribution is 2.24. The van der Waals surface area contributed by atoms with Crippen molar-refractivity contribution in [1.82, 2.24) is 15.5 Å². The maximum Gasteiger partial charge on any atom is 0.405 e. The second kappa shape index (κ2) is 7.89. The van der Waals surface area contributed by atoms with Gasteiger partial charge < -0.3 is 10.6 Å². The van der Waals surface area contributed by atoms with Crippen LogP contribution in [0.4, 0.5) is 22.0 Å². The molecular formula is C15H18F5N3O. The van der Waals surface area contributed by atoms with Gasteiger partial charge in [-0.05, 0) is 17.7 Å². The lowest BCUT2D eigenvalue weighted by Crippen LogP contribution is -2.57. The van der Waals surface area contributed by atoms with Crippen LogP contribution in [0.25, 0.3) is 0 Å². The van der Waals surface area contributed by atoms with Gasteiger partial charge in [-0.25, -0.2) is 8.78 Å². The predicted molar refractivity (Wildman–Crippen MR) is 77.4 cm³/mol. The van der Waals surface area contributed by atoms with Gasteiger partial charge in [0.15, 0.2) is 11.6 Å². The van der Waals surface area contributed by atoms with E-state index in [1.54, 1.807) is 0 Å². The average molecular weight is 351 g/mol. The van der Waals surface area contributed by atoms with Crippen molar-refractivity contribution in [2.45, 2.75) is 18.6 Å². The van der Waals surface area contributed by atoms with Crippen LogP contribution >= 0.6 is 0 Å². The first-order valence-corrected chi connectivity index (χ1v) is 7.49. The van der Waals surface area contributed by atoms with Gasteiger partial charge in [0.2, 0.25) is 5.91 Å². The Hall–Kier alpha value is -1.74. The van der Waals surface area contributed by atoms with Gasteiger partial charge in [0.05, 0.1) is 6.42 Å². The summed E-state index contributed by atoms with van der Waals surface area (Å²) in [4.78, 5) is 13.1. The molecule has 9 heteroatoms. The number of hydrogen-bond donors (Lipinski definition) is 2. The Kier molecular flexibility index (Phi) is 6.11. The third-order valence-corrected chi connectivity index (χ3v) is 3.81. The monoisotopic (exact) mass is 351 g/mol. The van der Waals surface area contributed by atoms with Gasteiger partial charge in [0, 0.05) is 32.7 Å². The molecule has 1 amide bonds. The summed E-state index contributed by atoms with van der Waals surface area (Å²) in [5.74, 6) is -2.82. The van der Waals surface area contributed by atoms with Crippen molar-refractivity contribution in [3.8, 4) is 0 Å². The van der Waals surface area contributed by atoms with Crippen LogP contribution in [-0.2, 0) is 11.2 Å². The first kappa shape index (κ1) is 18.6. The molecule has 0 aromatic heterocycles. The summed E-state index contributed by atoms with van der Waals surface area (Å²) < 4.78 is 65.4. The van der Waals surface area contributed by atoms with E-state index in [0.717, 1.165) is 12.1 Å². The third kappa shape index (κ3) is 5.13. The van der Waals surface area contributed by atoms with Crippen LogP contribution in [0.5, 0.6) is 0 Å². The Balaban J connectivity index is 1.92. The molecular weight excluding hydrogens is 333 g/mol. The van der Waals surface area contributed by atoms with Crippen LogP contribution in [0.1, 0.15) is 5.56 Å². The molecule has 2 rings (SSSR count). The van der Waals surface area contributed by atoms with Crippen molar-refractivity contribution in [2.75, 3.05) is 32.7 Å². The maximum atomic E-state index is 13.2. The molecule has 134 valence electrons. The zero-order valence-electron chi connectivity index (χ0n) is 12.8. The number of piperazine rings is 1. The summed E-state index contributed by atoms with van der Waals surface area (Å²) in [6, 6.07) is 1.17. The van der Waals surface area contributed by atoms with Gasteiger partial charge in [-0.3, -0.25) is 9.69 Å². The van der Waals surface area contributed by atoms with E-state index < -0.39 is 36.3 Å². The number of carbonyl (C=O) groups excluding carboxylic acids is 1. The van der Waals surface area contributed by atoms with E-state index in [9.17, 15) is 26.7 Å². The topological polar surface area (TPSA) is 44.4 Å². The fourth-order valence-corrected chi connectivity index (χ4v) is 2.55. The molecule has 0 aliphatic carbocycles. The molecule has 4 nitrogen and oxygen atoms in total. The minimum atomic E-state index is -4.47. The molecule has 1 unspecified atom stereocenters. The smallest absolute Gasteiger partial charge is 0.354 e. The number of nitrogens with one attached hydrogen (secondary N) is 2. The second-order valence-electron chi connectivity index (χ2n) is 5.57. The molecule has 0 bridgehead atoms. The third-order valence-electron chi connectivity index (χ3n) is 3.81. The molecule has 1 atom stereocenters. The lowest BCUT2D eigenvalue weighted by molar-refractivity contribution is -0.184. The highest BCUT2D eigenvalue weighted by Gasteiger charge is 2.43. The zero-order chi connectivity index (χ0) is 17.7. The van der Waals surface area contributed by atoms with Crippen LogP contribution < -0.4 is 10.6 Å². The number of carbonyl (C=O) groups is 1. The Labute approximate surface area is 136 Å². The SMILES string of the molecule is O=C(Cc1ccc(F)c(F)c1)NCC(N1CCNCC1)C(F)(F)F. The van der Waals surface area contributed by atoms with E-state index in [2.05, 4.69) is 10.6 Å². The quantitative estimate of drug-likeness (QED) is 0.790. The molecule has 24 heavy (non-hydrogen) atoms. The van der Waals surface area contributed by atoms with Gasteiger partial charge in [-0.15, -0.1) is 0 Å². The number of benzene rings is 1. The highest BCUT2D eigenvalue weighted by atomic mass is 19.4. The Bertz CT molecular complexity index is 573. The minimum Gasteiger partial charge on any atom is -0.354 e. The van der Waals surface area contributed by atoms with Gasteiger partial charge in [0.25, 0.3) is 0 Å². The Morgan fingerprint density at radius 3 is 2.46 bits per heavy atom. The van der Waals surface area contributed by atoms with Crippen LogP contribution in [0.15, 0.2) is 18.2 Å². The van der Waals surface area contributed by atoms with Crippen LogP contribution in [-0.4, -0.2) is 55.7 Å². The van der Waals surface area contributed by atoms with E-state index in [0.29, 0.717) is 13.1 Å². The summed E-state index contributed by atoms with van der Waals surface area (Å²) in [6.45, 7) is 0.809. The molecule has 2 N–H and O–H groups in total. The summed E-state index contributed by atoms with van der Waals surface area (Å²) >= 11 is 0. The predicted octanol–water partition coefficient (Wildman–Crippen LogP) is 1.46. The van der Waals surface area contributed by atoms with Gasteiger partial charge in [-0.2, -0.15) is 13.2 Å². The van der Waals surface area contributed by atoms with E-state index in [1.165, 1.54) is 11.0 Å². The van der Waals surface area contributed by atoms with E-state index >= 15 is 0 Å². The largest absolute Gasteiger partial charge is 0.405 e. The van der Waals surface area contributed by atoms with E-state index in [-0.39, 0.29) is 25.1 Å². The van der Waals surface area contributed by atoms with Crippen molar-refractivity contribution in [3.05, 3.63) is 35.4 Å². The number of halogens is 5. The normalized spacial score (nSPS) is 17.5. The van der Waals surface area contributed by atoms with Gasteiger partial charge >= 0.3 is 6.18 Å². The molecule has 1 fully saturated rings. The standard InChI is InChI=1S/C15H18F5N3O/c16-11-2-1-10(7-12(11)17)8-14(24)22-9-13(15(18,19)20)23-5-3-21-4-6-23/h1-2,7,13,21H,3-6,8-9H2,(H,22,24). The molecule has 1 heterocycles. The van der Waals surface area contributed by atoms with Crippen molar-refractivity contribution >= 4 is 5.91 Å². The molecule has 1 aromatic rings. The van der Waals surface area contributed by atoms with E-state index in [4.69, 9.17) is 0 Å². The minimum absolute atomic E-state index is 0.192. The Morgan fingerprint density at radius 1 is 1.21 bits per heavy atom. The summed E-state index contributed by atoms with van der Waals surface area (Å²) in [5, 5.41) is 5.20. The number of alkyl halides is 3. The Morgan fingerprint density at radius 2 is 1.88 bits per heavy atom. The lowest BCUT2D eigenvalue weighted by Gasteiger charge is -2.35. The van der Waals surface area contributed by atoms with Crippen molar-refractivity contribution in [2.24, 2.45) is 0 Å². The van der Waals surface area contributed by atoms with Crippen LogP contribution in [0.2, 0.25) is 0 Å². The van der Waals surface area contributed by atoms with Crippen molar-refractivity contribution in [3.63, 3.8) is 0 Å². The maximum absolute atomic E-state index is 13.2. The number of amides is 1. The number of hydrogen-bond acceptors (Lipinski definition) is 3. The fourth-order valence-electron chi connectivity index (χ4n) is 2.55. The lowest BCUT2D eigenvalue weighted by atomic mass is 10.1. The van der Waals surface area contributed by atoms with E-state index in [1.807, 2.05) is 0 Å². The zero-order valence-corrected chi connectivity index (χ0v) is 12.8. The van der Waals surface area contributed by atoms with Gasteiger partial charge in [-0.1, -0.05) is 6.07 Å². The molecule has 1 aromatic carbocycles. The fraction of sp³-hybridized carbons (Fsp3) is 0.533.